The van der Waals surface area contributed by atoms with Gasteiger partial charge in [-0.3, -0.25) is 4.79 Å². The van der Waals surface area contributed by atoms with Crippen molar-refractivity contribution in [3.8, 4) is 11.1 Å². The molecule has 0 bridgehead atoms. The van der Waals surface area contributed by atoms with Crippen LogP contribution in [0.15, 0.2) is 161 Å². The summed E-state index contributed by atoms with van der Waals surface area (Å²) in [5.41, 5.74) is 7.25. The van der Waals surface area contributed by atoms with Crippen LogP contribution < -0.4 is 10.0 Å². The molecule has 1 heterocycles. The number of thioether (sulfide) groups is 1. The molecule has 314 valence electrons. The molecule has 5 atom stereocenters. The van der Waals surface area contributed by atoms with Crippen molar-refractivity contribution in [2.45, 2.75) is 67.8 Å². The highest BCUT2D eigenvalue weighted by atomic mass is 32.2. The van der Waals surface area contributed by atoms with Crippen LogP contribution in [0.5, 0.6) is 0 Å². The summed E-state index contributed by atoms with van der Waals surface area (Å²) in [5.74, 6) is -0.998. The summed E-state index contributed by atoms with van der Waals surface area (Å²) in [6.45, 7) is 4.07. The molecule has 5 unspecified atom stereocenters. The fourth-order valence-corrected chi connectivity index (χ4v) is 9.67. The molecule has 7 rings (SSSR count). The normalized spacial score (nSPS) is 18.3. The molecule has 0 spiro atoms. The summed E-state index contributed by atoms with van der Waals surface area (Å²) < 4.78 is 42.6. The lowest BCUT2D eigenvalue weighted by Gasteiger charge is -2.41. The van der Waals surface area contributed by atoms with Crippen molar-refractivity contribution < 1.29 is 37.7 Å². The highest BCUT2D eigenvalue weighted by molar-refractivity contribution is 7.99. The van der Waals surface area contributed by atoms with E-state index in [2.05, 4.69) is 17.0 Å². The molecule has 1 aliphatic heterocycles. The van der Waals surface area contributed by atoms with Gasteiger partial charge in [-0.2, -0.15) is 4.72 Å². The van der Waals surface area contributed by atoms with Crippen LogP contribution >= 0.6 is 11.8 Å². The molecule has 6 aromatic rings. The Morgan fingerprint density at radius 1 is 0.738 bits per heavy atom. The Hall–Kier alpha value is -5.60. The van der Waals surface area contributed by atoms with Crippen molar-refractivity contribution in [2.24, 2.45) is 5.92 Å². The second-order valence-corrected chi connectivity index (χ2v) is 17.9. The minimum absolute atomic E-state index is 0.0622. The predicted molar refractivity (Wildman–Crippen MR) is 236 cm³/mol. The van der Waals surface area contributed by atoms with Gasteiger partial charge < -0.3 is 25.0 Å². The van der Waals surface area contributed by atoms with Crippen molar-refractivity contribution in [3.05, 3.63) is 191 Å². The van der Waals surface area contributed by atoms with Crippen LogP contribution in [0.4, 0.5) is 0 Å². The summed E-state index contributed by atoms with van der Waals surface area (Å²) in [7, 11) is -3.98. The van der Waals surface area contributed by atoms with E-state index in [1.165, 1.54) is 23.9 Å². The second-order valence-electron chi connectivity index (χ2n) is 15.2. The molecule has 4 N–H and O–H groups in total. The number of carbonyl (C=O) groups is 2. The number of carboxylic acids is 1. The molecule has 0 saturated carbocycles. The van der Waals surface area contributed by atoms with Crippen LogP contribution in [0.3, 0.4) is 0 Å². The number of aliphatic hydroxyl groups excluding tert-OH is 1. The number of aryl methyl sites for hydroxylation is 1. The first-order valence-electron chi connectivity index (χ1n) is 20.0. The van der Waals surface area contributed by atoms with Gasteiger partial charge in [0.1, 0.15) is 6.04 Å². The largest absolute Gasteiger partial charge is 0.478 e. The maximum absolute atomic E-state index is 13.7. The molecule has 0 aliphatic carbocycles. The summed E-state index contributed by atoms with van der Waals surface area (Å²) >= 11 is 1.45. The molecule has 1 fully saturated rings. The third-order valence-electron chi connectivity index (χ3n) is 10.8. The molecular formula is C49H48N2O8S2. The summed E-state index contributed by atoms with van der Waals surface area (Å²) in [6.07, 6.45) is -1.15. The van der Waals surface area contributed by atoms with E-state index in [1.807, 2.05) is 122 Å². The van der Waals surface area contributed by atoms with Gasteiger partial charge >= 0.3 is 5.97 Å². The Bertz CT molecular complexity index is 2530. The monoisotopic (exact) mass is 856 g/mol. The van der Waals surface area contributed by atoms with Crippen molar-refractivity contribution >= 4 is 33.7 Å². The van der Waals surface area contributed by atoms with Gasteiger partial charge in [0.2, 0.25) is 15.9 Å². The first-order valence-corrected chi connectivity index (χ1v) is 22.5. The molecule has 0 aromatic heterocycles. The highest BCUT2D eigenvalue weighted by Gasteiger charge is 2.38. The average molecular weight is 857 g/mol. The van der Waals surface area contributed by atoms with Gasteiger partial charge in [-0.25, -0.2) is 13.2 Å². The minimum Gasteiger partial charge on any atom is -0.478 e. The van der Waals surface area contributed by atoms with Crippen molar-refractivity contribution in [3.63, 3.8) is 0 Å². The lowest BCUT2D eigenvalue weighted by atomic mass is 9.91. The Morgan fingerprint density at radius 3 is 2.11 bits per heavy atom. The lowest BCUT2D eigenvalue weighted by molar-refractivity contribution is -0.268. The van der Waals surface area contributed by atoms with Gasteiger partial charge in [-0.15, -0.1) is 11.8 Å². The van der Waals surface area contributed by atoms with E-state index in [4.69, 9.17) is 9.47 Å². The molecule has 12 heteroatoms. The first kappa shape index (κ1) is 43.5. The van der Waals surface area contributed by atoms with Crippen LogP contribution in [0.25, 0.3) is 11.1 Å². The lowest BCUT2D eigenvalue weighted by Crippen LogP contribution is -2.47. The maximum atomic E-state index is 13.7. The van der Waals surface area contributed by atoms with E-state index in [9.17, 15) is 28.2 Å². The summed E-state index contributed by atoms with van der Waals surface area (Å²) in [4.78, 5) is 26.3. The second kappa shape index (κ2) is 19.9. The molecule has 6 aromatic carbocycles. The van der Waals surface area contributed by atoms with Gasteiger partial charge in [-0.1, -0.05) is 134 Å². The fraction of sp³-hybridized carbons (Fsp3) is 0.224. The van der Waals surface area contributed by atoms with Crippen LogP contribution in [-0.2, 0) is 43.9 Å². The van der Waals surface area contributed by atoms with Gasteiger partial charge in [0, 0.05) is 28.7 Å². The number of rotatable bonds is 16. The summed E-state index contributed by atoms with van der Waals surface area (Å²) in [6, 6.07) is 45.1. The van der Waals surface area contributed by atoms with E-state index < -0.39 is 34.2 Å². The highest BCUT2D eigenvalue weighted by Crippen LogP contribution is 2.43. The smallest absolute Gasteiger partial charge is 0.336 e. The number of nitrogens with one attached hydrogen (secondary N) is 2. The van der Waals surface area contributed by atoms with Crippen molar-refractivity contribution in [2.75, 3.05) is 5.75 Å². The zero-order chi connectivity index (χ0) is 42.9. The van der Waals surface area contributed by atoms with E-state index in [0.717, 1.165) is 44.5 Å². The molecule has 10 nitrogen and oxygen atoms in total. The van der Waals surface area contributed by atoms with Gasteiger partial charge in [0.05, 0.1) is 29.3 Å². The molecular weight excluding hydrogens is 809 g/mol. The van der Waals surface area contributed by atoms with Gasteiger partial charge in [-0.05, 0) is 77.1 Å². The Morgan fingerprint density at radius 2 is 1.41 bits per heavy atom. The number of ether oxygens (including phenoxy) is 2. The van der Waals surface area contributed by atoms with Crippen LogP contribution in [0, 0.1) is 12.8 Å². The van der Waals surface area contributed by atoms with Gasteiger partial charge in [0.25, 0.3) is 0 Å². The first-order chi connectivity index (χ1) is 29.5. The minimum atomic E-state index is -3.98. The third-order valence-corrected chi connectivity index (χ3v) is 13.4. The van der Waals surface area contributed by atoms with E-state index in [0.29, 0.717) is 10.6 Å². The third kappa shape index (κ3) is 11.0. The van der Waals surface area contributed by atoms with Gasteiger partial charge in [0.15, 0.2) is 6.29 Å². The number of hydrogen-bond acceptors (Lipinski definition) is 8. The standard InChI is InChI=1S/C49H48N2O8S2/c1-32-15-25-41(26-16-32)61(56,57)51-43(28-34-9-4-3-5-10-34)47(53)50-29-36-11-8-12-40(27-36)37-21-23-39(24-22-37)49-58-44(31-60-45-14-7-6-13-42(45)48(54)55)33(2)46(59-49)38-19-17-35(30-52)18-20-38/h3-27,33,43-44,46,49,51-52H,28-31H2,1-2H3,(H,50,53)(H,54,55). The van der Waals surface area contributed by atoms with Crippen LogP contribution in [-0.4, -0.2) is 48.4 Å². The number of aliphatic hydroxyl groups is 1. The quantitative estimate of drug-likeness (QED) is 0.0702. The average Bonchev–Trinajstić information content (AvgIpc) is 3.28. The zero-order valence-corrected chi connectivity index (χ0v) is 35.4. The number of amides is 1. The number of hydrogen-bond donors (Lipinski definition) is 4. The number of sulfonamides is 1. The van der Waals surface area contributed by atoms with E-state index in [-0.39, 0.29) is 48.2 Å². The molecule has 0 radical (unpaired) electrons. The number of carboxylic acid groups (broad SMARTS) is 1. The molecule has 1 saturated heterocycles. The predicted octanol–water partition coefficient (Wildman–Crippen LogP) is 8.64. The maximum Gasteiger partial charge on any atom is 0.336 e. The number of aromatic carboxylic acids is 1. The Labute approximate surface area is 361 Å². The van der Waals surface area contributed by atoms with Crippen molar-refractivity contribution in [1.29, 1.82) is 0 Å². The van der Waals surface area contributed by atoms with Crippen molar-refractivity contribution in [1.82, 2.24) is 10.0 Å². The molecule has 1 aliphatic rings. The molecule has 1 amide bonds. The number of carbonyl (C=O) groups excluding carboxylic acids is 1. The van der Waals surface area contributed by atoms with Crippen LogP contribution in [0.2, 0.25) is 0 Å². The number of benzene rings is 6. The van der Waals surface area contributed by atoms with E-state index >= 15 is 0 Å². The summed E-state index contributed by atoms with van der Waals surface area (Å²) in [5, 5.41) is 22.4. The topological polar surface area (TPSA) is 151 Å². The molecule has 61 heavy (non-hydrogen) atoms. The zero-order valence-electron chi connectivity index (χ0n) is 33.8. The fourth-order valence-electron chi connectivity index (χ4n) is 7.27. The Kier molecular flexibility index (Phi) is 14.2. The van der Waals surface area contributed by atoms with E-state index in [1.54, 1.807) is 24.3 Å². The van der Waals surface area contributed by atoms with Crippen LogP contribution in [0.1, 0.15) is 63.1 Å². The SMILES string of the molecule is Cc1ccc(S(=O)(=O)NC(Cc2ccccc2)C(=O)NCc2cccc(-c3ccc(C4OC(CSc5ccccc5C(=O)O)C(C)C(c5ccc(CO)cc5)O4)cc3)c2)cc1. The Balaban J connectivity index is 1.06.